The van der Waals surface area contributed by atoms with Gasteiger partial charge in [-0.3, -0.25) is 4.79 Å². The molecule has 136 valence electrons. The number of nitrogens with one attached hydrogen (secondary N) is 1. The molecule has 0 aliphatic carbocycles. The molecule has 3 aromatic rings. The highest BCUT2D eigenvalue weighted by atomic mass is 32.2. The third-order valence-corrected chi connectivity index (χ3v) is 4.63. The molecule has 0 bridgehead atoms. The van der Waals surface area contributed by atoms with Gasteiger partial charge in [-0.25, -0.2) is 13.4 Å². The van der Waals surface area contributed by atoms with Gasteiger partial charge in [0.1, 0.15) is 11.5 Å². The van der Waals surface area contributed by atoms with E-state index in [9.17, 15) is 13.2 Å². The molecule has 2 heterocycles. The monoisotopic (exact) mass is 374 g/mol. The molecule has 1 aromatic carbocycles. The largest absolute Gasteiger partial charge is 0.489 e. The summed E-state index contributed by atoms with van der Waals surface area (Å²) in [5.74, 6) is 1.26. The maximum absolute atomic E-state index is 11.5. The normalized spacial score (nSPS) is 11.7. The van der Waals surface area contributed by atoms with Crippen LogP contribution in [0.4, 0.5) is 0 Å². The second kappa shape index (κ2) is 6.80. The van der Waals surface area contributed by atoms with Crippen LogP contribution in [-0.2, 0) is 9.84 Å². The second-order valence-corrected chi connectivity index (χ2v) is 8.12. The molecule has 8 heteroatoms. The Balaban J connectivity index is 1.98. The van der Waals surface area contributed by atoms with Crippen molar-refractivity contribution in [1.82, 2.24) is 9.97 Å². The molecule has 0 amide bonds. The summed E-state index contributed by atoms with van der Waals surface area (Å²) in [6.45, 7) is 3.79. The Kier molecular flexibility index (Phi) is 4.69. The summed E-state index contributed by atoms with van der Waals surface area (Å²) in [5.41, 5.74) is 1.13. The summed E-state index contributed by atoms with van der Waals surface area (Å²) in [7, 11) is -3.32. The smallest absolute Gasteiger partial charge is 0.219 e. The van der Waals surface area contributed by atoms with E-state index in [4.69, 9.17) is 9.47 Å². The fourth-order valence-corrected chi connectivity index (χ4v) is 3.00. The van der Waals surface area contributed by atoms with Gasteiger partial charge in [0.05, 0.1) is 22.2 Å². The van der Waals surface area contributed by atoms with Gasteiger partial charge in [-0.15, -0.1) is 0 Å². The van der Waals surface area contributed by atoms with Crippen LogP contribution in [0.3, 0.4) is 0 Å². The molecule has 1 N–H and O–H groups in total. The van der Waals surface area contributed by atoms with Gasteiger partial charge in [0.15, 0.2) is 16.1 Å². The average molecular weight is 374 g/mol. The first kappa shape index (κ1) is 17.9. The van der Waals surface area contributed by atoms with Crippen LogP contribution in [0.2, 0.25) is 0 Å². The standard InChI is InChI=1S/C18H18N2O5S/c1-11(2)24-16-8-14(7-12-6-13(10-21)20-18(12)16)25-17-5-4-15(9-19-17)26(3,22)23/h4-11,20H,1-3H3. The molecule has 0 fully saturated rings. The summed E-state index contributed by atoms with van der Waals surface area (Å²) in [6.07, 6.45) is 3.02. The lowest BCUT2D eigenvalue weighted by Gasteiger charge is -2.13. The Bertz CT molecular complexity index is 1050. The van der Waals surface area contributed by atoms with Crippen LogP contribution in [0, 0.1) is 0 Å². The van der Waals surface area contributed by atoms with Gasteiger partial charge >= 0.3 is 0 Å². The number of sulfone groups is 1. The second-order valence-electron chi connectivity index (χ2n) is 6.10. The van der Waals surface area contributed by atoms with Crippen LogP contribution in [0.15, 0.2) is 41.4 Å². The summed E-state index contributed by atoms with van der Waals surface area (Å²) in [4.78, 5) is 18.2. The highest BCUT2D eigenvalue weighted by Crippen LogP contribution is 2.33. The van der Waals surface area contributed by atoms with Gasteiger partial charge in [0.25, 0.3) is 0 Å². The zero-order valence-corrected chi connectivity index (χ0v) is 15.3. The van der Waals surface area contributed by atoms with Gasteiger partial charge in [0, 0.05) is 30.0 Å². The quantitative estimate of drug-likeness (QED) is 0.664. The van der Waals surface area contributed by atoms with E-state index < -0.39 is 9.84 Å². The molecule has 0 aliphatic rings. The number of nitrogens with zero attached hydrogens (tertiary/aromatic N) is 1. The van der Waals surface area contributed by atoms with Gasteiger partial charge in [-0.1, -0.05) is 0 Å². The van der Waals surface area contributed by atoms with Crippen molar-refractivity contribution in [2.75, 3.05) is 6.26 Å². The number of carbonyl (C=O) groups is 1. The summed E-state index contributed by atoms with van der Waals surface area (Å²) in [6, 6.07) is 8.06. The summed E-state index contributed by atoms with van der Waals surface area (Å²) < 4.78 is 34.5. The van der Waals surface area contributed by atoms with Crippen molar-refractivity contribution in [1.29, 1.82) is 0 Å². The maximum atomic E-state index is 11.5. The minimum Gasteiger partial charge on any atom is -0.489 e. The van der Waals surface area contributed by atoms with Gasteiger partial charge in [-0.2, -0.15) is 0 Å². The molecule has 0 saturated carbocycles. The summed E-state index contributed by atoms with van der Waals surface area (Å²) in [5, 5.41) is 0.757. The highest BCUT2D eigenvalue weighted by molar-refractivity contribution is 7.90. The summed E-state index contributed by atoms with van der Waals surface area (Å²) >= 11 is 0. The molecule has 2 aromatic heterocycles. The molecule has 0 atom stereocenters. The third kappa shape index (κ3) is 3.85. The predicted molar refractivity (Wildman–Crippen MR) is 96.9 cm³/mol. The van der Waals surface area contributed by atoms with Gasteiger partial charge in [-0.05, 0) is 32.0 Å². The van der Waals surface area contributed by atoms with Crippen molar-refractivity contribution >= 4 is 27.0 Å². The zero-order valence-electron chi connectivity index (χ0n) is 14.5. The number of aromatic nitrogens is 2. The minimum atomic E-state index is -3.32. The molecule has 0 saturated heterocycles. The van der Waals surface area contributed by atoms with Crippen molar-refractivity contribution in [3.05, 3.63) is 42.2 Å². The van der Waals surface area contributed by atoms with E-state index in [-0.39, 0.29) is 16.9 Å². The number of ether oxygens (including phenoxy) is 2. The maximum Gasteiger partial charge on any atom is 0.219 e. The number of rotatable bonds is 6. The average Bonchev–Trinajstić information content (AvgIpc) is 2.97. The van der Waals surface area contributed by atoms with Gasteiger partial charge < -0.3 is 14.5 Å². The number of carbonyl (C=O) groups excluding carboxylic acids is 1. The molecule has 7 nitrogen and oxygen atoms in total. The van der Waals surface area contributed by atoms with E-state index in [1.165, 1.54) is 18.3 Å². The number of fused-ring (bicyclic) bond motifs is 1. The number of benzene rings is 1. The molecule has 0 spiro atoms. The fraction of sp³-hybridized carbons (Fsp3) is 0.222. The van der Waals surface area contributed by atoms with Gasteiger partial charge in [0.2, 0.25) is 5.88 Å². The van der Waals surface area contributed by atoms with Crippen molar-refractivity contribution in [3.63, 3.8) is 0 Å². The van der Waals surface area contributed by atoms with Crippen molar-refractivity contribution < 1.29 is 22.7 Å². The zero-order chi connectivity index (χ0) is 18.9. The van der Waals surface area contributed by atoms with E-state index >= 15 is 0 Å². The van der Waals surface area contributed by atoms with Crippen LogP contribution in [-0.4, -0.2) is 37.0 Å². The molecule has 26 heavy (non-hydrogen) atoms. The van der Waals surface area contributed by atoms with E-state index in [0.29, 0.717) is 22.7 Å². The van der Waals surface area contributed by atoms with Crippen LogP contribution in [0.25, 0.3) is 10.9 Å². The van der Waals surface area contributed by atoms with Crippen LogP contribution >= 0.6 is 0 Å². The number of H-pyrrole nitrogens is 1. The number of aldehydes is 1. The van der Waals surface area contributed by atoms with Crippen LogP contribution in [0.5, 0.6) is 17.4 Å². The minimum absolute atomic E-state index is 0.0661. The number of hydrogen-bond donors (Lipinski definition) is 1. The first-order valence-corrected chi connectivity index (χ1v) is 9.78. The number of hydrogen-bond acceptors (Lipinski definition) is 6. The molecular formula is C18H18N2O5S. The van der Waals surface area contributed by atoms with E-state index in [1.54, 1.807) is 18.2 Å². The van der Waals surface area contributed by atoms with E-state index in [0.717, 1.165) is 17.9 Å². The number of pyridine rings is 1. The van der Waals surface area contributed by atoms with E-state index in [2.05, 4.69) is 9.97 Å². The first-order valence-electron chi connectivity index (χ1n) is 7.89. The van der Waals surface area contributed by atoms with Crippen molar-refractivity contribution in [2.45, 2.75) is 24.8 Å². The Morgan fingerprint density at radius 2 is 1.96 bits per heavy atom. The lowest BCUT2D eigenvalue weighted by atomic mass is 10.2. The predicted octanol–water partition coefficient (Wildman–Crippen LogP) is 3.36. The third-order valence-electron chi connectivity index (χ3n) is 3.54. The highest BCUT2D eigenvalue weighted by Gasteiger charge is 2.13. The van der Waals surface area contributed by atoms with E-state index in [1.807, 2.05) is 13.8 Å². The molecule has 0 aliphatic heterocycles. The number of aromatic amines is 1. The first-order chi connectivity index (χ1) is 12.3. The molecule has 0 radical (unpaired) electrons. The lowest BCUT2D eigenvalue weighted by molar-refractivity contribution is 0.111. The van der Waals surface area contributed by atoms with Crippen molar-refractivity contribution in [3.8, 4) is 17.4 Å². The Hall–Kier alpha value is -2.87. The Morgan fingerprint density at radius 3 is 2.54 bits per heavy atom. The van der Waals surface area contributed by atoms with Crippen molar-refractivity contribution in [2.24, 2.45) is 0 Å². The molecule has 3 rings (SSSR count). The van der Waals surface area contributed by atoms with Crippen LogP contribution in [0.1, 0.15) is 24.3 Å². The SMILES string of the molecule is CC(C)Oc1cc(Oc2ccc(S(C)(=O)=O)cn2)cc2cc(C=O)[nH]c12. The van der Waals surface area contributed by atoms with Crippen LogP contribution < -0.4 is 9.47 Å². The fourth-order valence-electron chi connectivity index (χ4n) is 2.44. The Morgan fingerprint density at radius 1 is 1.19 bits per heavy atom. The molecule has 0 unspecified atom stereocenters. The molecular weight excluding hydrogens is 356 g/mol. The Labute approximate surface area is 150 Å². The lowest BCUT2D eigenvalue weighted by Crippen LogP contribution is -2.06. The topological polar surface area (TPSA) is 98.3 Å².